The lowest BCUT2D eigenvalue weighted by Gasteiger charge is -2.10. The minimum Gasteiger partial charge on any atom is -0.384 e. The summed E-state index contributed by atoms with van der Waals surface area (Å²) in [6.07, 6.45) is 0.902. The number of rotatable bonds is 5. The van der Waals surface area contributed by atoms with Gasteiger partial charge in [0.05, 0.1) is 5.56 Å². The Kier molecular flexibility index (Phi) is 3.88. The molecule has 5 N–H and O–H groups in total. The molecule has 0 atom stereocenters. The Morgan fingerprint density at radius 3 is 2.44 bits per heavy atom. The van der Waals surface area contributed by atoms with Crippen molar-refractivity contribution < 1.29 is 9.59 Å². The molecule has 0 unspecified atom stereocenters. The van der Waals surface area contributed by atoms with E-state index >= 15 is 0 Å². The third-order valence-corrected chi connectivity index (χ3v) is 2.13. The fourth-order valence-corrected chi connectivity index (χ4v) is 1.32. The number of carbonyl (C=O) groups excluding carboxylic acids is 2. The van der Waals surface area contributed by atoms with Gasteiger partial charge < -0.3 is 16.8 Å². The fourth-order valence-electron chi connectivity index (χ4n) is 1.32. The summed E-state index contributed by atoms with van der Waals surface area (Å²) in [6, 6.07) is 4.53. The van der Waals surface area contributed by atoms with Crippen LogP contribution in [0.4, 0.5) is 5.69 Å². The molecule has 5 heteroatoms. The van der Waals surface area contributed by atoms with E-state index in [-0.39, 0.29) is 0 Å². The predicted molar refractivity (Wildman–Crippen MR) is 62.3 cm³/mol. The number of hydrogen-bond acceptors (Lipinski definition) is 3. The molecule has 0 radical (unpaired) electrons. The first-order valence-electron chi connectivity index (χ1n) is 5.03. The Labute approximate surface area is 93.8 Å². The number of nitrogens with one attached hydrogen (secondary N) is 1. The van der Waals surface area contributed by atoms with E-state index in [4.69, 9.17) is 11.5 Å². The van der Waals surface area contributed by atoms with Crippen molar-refractivity contribution >= 4 is 17.5 Å². The van der Waals surface area contributed by atoms with E-state index in [1.54, 1.807) is 0 Å². The van der Waals surface area contributed by atoms with E-state index in [0.717, 1.165) is 6.42 Å². The zero-order chi connectivity index (χ0) is 12.1. The van der Waals surface area contributed by atoms with E-state index in [2.05, 4.69) is 5.32 Å². The third kappa shape index (κ3) is 2.73. The van der Waals surface area contributed by atoms with Crippen LogP contribution in [0.15, 0.2) is 18.2 Å². The molecule has 0 bridgehead atoms. The van der Waals surface area contributed by atoms with Crippen LogP contribution in [-0.2, 0) is 0 Å². The molecule has 0 saturated heterocycles. The number of primary amides is 2. The van der Waals surface area contributed by atoms with Gasteiger partial charge in [0.15, 0.2) is 0 Å². The predicted octanol–water partition coefficient (Wildman–Crippen LogP) is 0.706. The maximum absolute atomic E-state index is 11.1. The van der Waals surface area contributed by atoms with E-state index in [1.807, 2.05) is 6.92 Å². The number of nitrogens with two attached hydrogens (primary N) is 2. The second-order valence-electron chi connectivity index (χ2n) is 3.42. The molecule has 0 spiro atoms. The molecule has 1 aromatic rings. The summed E-state index contributed by atoms with van der Waals surface area (Å²) in [5, 5.41) is 3.03. The van der Waals surface area contributed by atoms with Gasteiger partial charge in [0.1, 0.15) is 0 Å². The summed E-state index contributed by atoms with van der Waals surface area (Å²) in [5.41, 5.74) is 11.6. The van der Waals surface area contributed by atoms with E-state index in [9.17, 15) is 9.59 Å². The first-order valence-corrected chi connectivity index (χ1v) is 5.03. The second-order valence-corrected chi connectivity index (χ2v) is 3.42. The van der Waals surface area contributed by atoms with Gasteiger partial charge in [-0.2, -0.15) is 0 Å². The summed E-state index contributed by atoms with van der Waals surface area (Å²) >= 11 is 0. The number of anilines is 1. The smallest absolute Gasteiger partial charge is 0.250 e. The zero-order valence-electron chi connectivity index (χ0n) is 9.12. The molecular formula is C11H15N3O2. The summed E-state index contributed by atoms with van der Waals surface area (Å²) in [4.78, 5) is 22.1. The van der Waals surface area contributed by atoms with E-state index < -0.39 is 11.8 Å². The molecule has 0 fully saturated rings. The van der Waals surface area contributed by atoms with Crippen molar-refractivity contribution in [3.8, 4) is 0 Å². The van der Waals surface area contributed by atoms with Crippen LogP contribution in [0.25, 0.3) is 0 Å². The lowest BCUT2D eigenvalue weighted by Crippen LogP contribution is -2.17. The van der Waals surface area contributed by atoms with Crippen LogP contribution in [0.2, 0.25) is 0 Å². The maximum Gasteiger partial charge on any atom is 0.250 e. The molecule has 0 aliphatic rings. The number of benzene rings is 1. The average Bonchev–Trinajstić information content (AvgIpc) is 2.25. The summed E-state index contributed by atoms with van der Waals surface area (Å²) in [5.74, 6) is -1.06. The van der Waals surface area contributed by atoms with Gasteiger partial charge in [-0.1, -0.05) is 6.92 Å². The average molecular weight is 221 g/mol. The standard InChI is InChI=1S/C11H15N3O2/c1-2-5-14-9-6-7(10(12)15)3-4-8(9)11(13)16/h3-4,6,14H,2,5H2,1H3,(H2,12,15)(H2,13,16). The first kappa shape index (κ1) is 12.0. The summed E-state index contributed by atoms with van der Waals surface area (Å²) in [7, 11) is 0. The van der Waals surface area contributed by atoms with Crippen molar-refractivity contribution in [2.45, 2.75) is 13.3 Å². The Morgan fingerprint density at radius 2 is 1.94 bits per heavy atom. The van der Waals surface area contributed by atoms with Gasteiger partial charge in [0.25, 0.3) is 5.91 Å². The van der Waals surface area contributed by atoms with Gasteiger partial charge in [-0.25, -0.2) is 0 Å². The monoisotopic (exact) mass is 221 g/mol. The minimum atomic E-state index is -0.533. The normalized spacial score (nSPS) is 9.81. The molecule has 86 valence electrons. The van der Waals surface area contributed by atoms with Gasteiger partial charge in [0.2, 0.25) is 5.91 Å². The highest BCUT2D eigenvalue weighted by atomic mass is 16.1. The topological polar surface area (TPSA) is 98.2 Å². The highest BCUT2D eigenvalue weighted by Crippen LogP contribution is 2.17. The van der Waals surface area contributed by atoms with Crippen molar-refractivity contribution in [3.63, 3.8) is 0 Å². The molecule has 5 nitrogen and oxygen atoms in total. The largest absolute Gasteiger partial charge is 0.384 e. The SMILES string of the molecule is CCCNc1cc(C(N)=O)ccc1C(N)=O. The Morgan fingerprint density at radius 1 is 1.25 bits per heavy atom. The molecule has 0 aromatic heterocycles. The lowest BCUT2D eigenvalue weighted by atomic mass is 10.1. The molecule has 0 heterocycles. The molecule has 1 rings (SSSR count). The molecule has 0 saturated carbocycles. The van der Waals surface area contributed by atoms with E-state index in [1.165, 1.54) is 18.2 Å². The van der Waals surface area contributed by atoms with Gasteiger partial charge in [-0.3, -0.25) is 9.59 Å². The molecule has 0 aliphatic heterocycles. The highest BCUT2D eigenvalue weighted by Gasteiger charge is 2.10. The van der Waals surface area contributed by atoms with Crippen LogP contribution in [-0.4, -0.2) is 18.4 Å². The minimum absolute atomic E-state index is 0.351. The molecule has 1 aromatic carbocycles. The Balaban J connectivity index is 3.10. The lowest BCUT2D eigenvalue weighted by molar-refractivity contribution is 0.0989. The summed E-state index contributed by atoms with van der Waals surface area (Å²) < 4.78 is 0. The fraction of sp³-hybridized carbons (Fsp3) is 0.273. The highest BCUT2D eigenvalue weighted by molar-refractivity contribution is 6.01. The van der Waals surface area contributed by atoms with Crippen molar-refractivity contribution in [3.05, 3.63) is 29.3 Å². The van der Waals surface area contributed by atoms with Crippen molar-refractivity contribution in [2.75, 3.05) is 11.9 Å². The van der Waals surface area contributed by atoms with Crippen LogP contribution in [0, 0.1) is 0 Å². The maximum atomic E-state index is 11.1. The van der Waals surface area contributed by atoms with Crippen LogP contribution in [0.3, 0.4) is 0 Å². The van der Waals surface area contributed by atoms with Crippen LogP contribution < -0.4 is 16.8 Å². The van der Waals surface area contributed by atoms with Gasteiger partial charge in [-0.05, 0) is 24.6 Å². The quantitative estimate of drug-likeness (QED) is 0.682. The van der Waals surface area contributed by atoms with Crippen molar-refractivity contribution in [2.24, 2.45) is 11.5 Å². The Bertz CT molecular complexity index is 416. The van der Waals surface area contributed by atoms with Gasteiger partial charge in [0, 0.05) is 17.8 Å². The molecule has 2 amide bonds. The Hall–Kier alpha value is -2.04. The van der Waals surface area contributed by atoms with Crippen molar-refractivity contribution in [1.82, 2.24) is 0 Å². The third-order valence-electron chi connectivity index (χ3n) is 2.13. The van der Waals surface area contributed by atoms with Crippen LogP contribution in [0.5, 0.6) is 0 Å². The van der Waals surface area contributed by atoms with Crippen LogP contribution in [0.1, 0.15) is 34.1 Å². The zero-order valence-corrected chi connectivity index (χ0v) is 9.12. The molecular weight excluding hydrogens is 206 g/mol. The molecule has 0 aliphatic carbocycles. The van der Waals surface area contributed by atoms with E-state index in [0.29, 0.717) is 23.4 Å². The molecule has 16 heavy (non-hydrogen) atoms. The number of hydrogen-bond donors (Lipinski definition) is 3. The number of amides is 2. The van der Waals surface area contributed by atoms with Gasteiger partial charge >= 0.3 is 0 Å². The summed E-state index contributed by atoms with van der Waals surface area (Å²) in [6.45, 7) is 2.69. The first-order chi connectivity index (χ1) is 7.56. The second kappa shape index (κ2) is 5.16. The van der Waals surface area contributed by atoms with Gasteiger partial charge in [-0.15, -0.1) is 0 Å². The van der Waals surface area contributed by atoms with Crippen molar-refractivity contribution in [1.29, 1.82) is 0 Å². The number of carbonyl (C=O) groups is 2. The van der Waals surface area contributed by atoms with Crippen LogP contribution >= 0.6 is 0 Å².